The third-order valence-electron chi connectivity index (χ3n) is 11.4. The third kappa shape index (κ3) is 1.92. The van der Waals surface area contributed by atoms with Crippen LogP contribution in [0.3, 0.4) is 0 Å². The standard InChI is InChI=1S/C26H38O/c1-23(2)16-10-12-25(23,5)20(14-16)18-8-7-9-19(22(18)27)21-15-17-11-13-26(21,6)24(17,3)4/h7-9,16-17,20-21,27H,10-15H2,1-6H3/t16-,17-,20+,21+,25+,26+/m1/s1. The molecule has 0 heterocycles. The molecule has 0 unspecified atom stereocenters. The Morgan fingerprint density at radius 3 is 1.44 bits per heavy atom. The minimum Gasteiger partial charge on any atom is -0.507 e. The van der Waals surface area contributed by atoms with Crippen molar-refractivity contribution in [2.45, 2.75) is 91.9 Å². The Kier molecular flexibility index (Phi) is 3.44. The Morgan fingerprint density at radius 1 is 0.741 bits per heavy atom. The summed E-state index contributed by atoms with van der Waals surface area (Å²) in [4.78, 5) is 0. The maximum Gasteiger partial charge on any atom is 0.122 e. The summed E-state index contributed by atoms with van der Waals surface area (Å²) in [7, 11) is 0. The molecule has 1 aromatic rings. The molecule has 0 aromatic heterocycles. The number of rotatable bonds is 2. The molecule has 4 saturated carbocycles. The average Bonchev–Trinajstić information content (AvgIpc) is 3.13. The van der Waals surface area contributed by atoms with Crippen molar-refractivity contribution in [2.75, 3.05) is 0 Å². The molecule has 1 heteroatoms. The van der Waals surface area contributed by atoms with E-state index in [0.717, 1.165) is 11.8 Å². The van der Waals surface area contributed by atoms with Crippen LogP contribution in [0.2, 0.25) is 0 Å². The molecule has 4 fully saturated rings. The van der Waals surface area contributed by atoms with Crippen molar-refractivity contribution in [3.63, 3.8) is 0 Å². The summed E-state index contributed by atoms with van der Waals surface area (Å²) in [5.41, 5.74) is 3.95. The molecule has 4 aliphatic rings. The number of phenols is 1. The Labute approximate surface area is 166 Å². The Hall–Kier alpha value is -0.980. The quantitative estimate of drug-likeness (QED) is 0.584. The van der Waals surface area contributed by atoms with Crippen LogP contribution >= 0.6 is 0 Å². The number of fused-ring (bicyclic) bond motifs is 4. The van der Waals surface area contributed by atoms with Gasteiger partial charge in [0.25, 0.3) is 0 Å². The summed E-state index contributed by atoms with van der Waals surface area (Å²) >= 11 is 0. The predicted octanol–water partition coefficient (Wildman–Crippen LogP) is 7.25. The first kappa shape index (κ1) is 18.1. The second-order valence-corrected chi connectivity index (χ2v) is 12.1. The minimum absolute atomic E-state index is 0.325. The van der Waals surface area contributed by atoms with E-state index >= 15 is 0 Å². The van der Waals surface area contributed by atoms with Crippen LogP contribution in [0.25, 0.3) is 0 Å². The van der Waals surface area contributed by atoms with Crippen LogP contribution in [-0.4, -0.2) is 5.11 Å². The van der Waals surface area contributed by atoms with Gasteiger partial charge in [-0.1, -0.05) is 59.7 Å². The Morgan fingerprint density at radius 2 is 1.15 bits per heavy atom. The topological polar surface area (TPSA) is 20.2 Å². The fourth-order valence-electron chi connectivity index (χ4n) is 8.49. The van der Waals surface area contributed by atoms with E-state index < -0.39 is 0 Å². The van der Waals surface area contributed by atoms with Crippen LogP contribution in [-0.2, 0) is 0 Å². The zero-order chi connectivity index (χ0) is 19.4. The first-order valence-corrected chi connectivity index (χ1v) is 11.4. The lowest BCUT2D eigenvalue weighted by Crippen LogP contribution is -2.32. The summed E-state index contributed by atoms with van der Waals surface area (Å²) in [6, 6.07) is 6.73. The highest BCUT2D eigenvalue weighted by Gasteiger charge is 2.63. The monoisotopic (exact) mass is 366 g/mol. The lowest BCUT2D eigenvalue weighted by Gasteiger charge is -2.41. The Bertz CT molecular complexity index is 727. The van der Waals surface area contributed by atoms with Gasteiger partial charge in [-0.15, -0.1) is 0 Å². The minimum atomic E-state index is 0.325. The number of phenolic OH excluding ortho intramolecular Hbond substituents is 1. The van der Waals surface area contributed by atoms with Crippen molar-refractivity contribution in [2.24, 2.45) is 33.5 Å². The van der Waals surface area contributed by atoms with Crippen LogP contribution < -0.4 is 0 Å². The van der Waals surface area contributed by atoms with Crippen LogP contribution in [0, 0.1) is 33.5 Å². The van der Waals surface area contributed by atoms with E-state index in [2.05, 4.69) is 59.7 Å². The molecule has 6 atom stereocenters. The molecule has 4 aliphatic carbocycles. The van der Waals surface area contributed by atoms with E-state index in [0.29, 0.717) is 39.2 Å². The van der Waals surface area contributed by atoms with E-state index in [-0.39, 0.29) is 0 Å². The Balaban J connectivity index is 1.56. The van der Waals surface area contributed by atoms with E-state index in [1.165, 1.54) is 49.7 Å². The molecule has 5 rings (SSSR count). The van der Waals surface area contributed by atoms with Crippen LogP contribution in [0.1, 0.15) is 103 Å². The number of benzene rings is 1. The summed E-state index contributed by atoms with van der Waals surface area (Å²) in [5, 5.41) is 11.5. The van der Waals surface area contributed by atoms with Gasteiger partial charge in [0.05, 0.1) is 0 Å². The fraction of sp³-hybridized carbons (Fsp3) is 0.769. The van der Waals surface area contributed by atoms with Gasteiger partial charge >= 0.3 is 0 Å². The van der Waals surface area contributed by atoms with E-state index in [9.17, 15) is 5.11 Å². The average molecular weight is 367 g/mol. The zero-order valence-corrected chi connectivity index (χ0v) is 18.2. The molecule has 1 N–H and O–H groups in total. The molecular weight excluding hydrogens is 328 g/mol. The molecule has 0 radical (unpaired) electrons. The largest absolute Gasteiger partial charge is 0.507 e. The number of aromatic hydroxyl groups is 1. The van der Waals surface area contributed by atoms with Crippen molar-refractivity contribution in [3.8, 4) is 5.75 Å². The van der Waals surface area contributed by atoms with E-state index in [1.54, 1.807) is 0 Å². The second kappa shape index (κ2) is 5.14. The molecule has 0 amide bonds. The highest BCUT2D eigenvalue weighted by molar-refractivity contribution is 5.48. The molecule has 4 bridgehead atoms. The number of hydrogen-bond donors (Lipinski definition) is 1. The van der Waals surface area contributed by atoms with Gasteiger partial charge < -0.3 is 5.11 Å². The van der Waals surface area contributed by atoms with Crippen LogP contribution in [0.15, 0.2) is 18.2 Å². The SMILES string of the molecule is CC1(C)[C@@H]2CC[C@@]1(C)[C@H](c1cccc([C@@H]3C[C@H]4CC[C@]3(C)C4(C)C)c1O)C2. The van der Waals surface area contributed by atoms with Gasteiger partial charge in [-0.2, -0.15) is 0 Å². The van der Waals surface area contributed by atoms with Crippen molar-refractivity contribution in [1.82, 2.24) is 0 Å². The first-order chi connectivity index (χ1) is 12.5. The van der Waals surface area contributed by atoms with Gasteiger partial charge in [0.15, 0.2) is 0 Å². The summed E-state index contributed by atoms with van der Waals surface area (Å²) in [6.45, 7) is 14.9. The second-order valence-electron chi connectivity index (χ2n) is 12.1. The molecule has 1 aromatic carbocycles. The van der Waals surface area contributed by atoms with E-state index in [4.69, 9.17) is 0 Å². The highest BCUT2D eigenvalue weighted by atomic mass is 16.3. The molecular formula is C26H38O. The molecule has 0 aliphatic heterocycles. The summed E-state index contributed by atoms with van der Waals surface area (Å²) < 4.78 is 0. The fourth-order valence-corrected chi connectivity index (χ4v) is 8.49. The molecule has 0 saturated heterocycles. The molecule has 27 heavy (non-hydrogen) atoms. The number of hydrogen-bond acceptors (Lipinski definition) is 1. The molecule has 1 nitrogen and oxygen atoms in total. The maximum atomic E-state index is 11.5. The van der Waals surface area contributed by atoms with Gasteiger partial charge in [0.2, 0.25) is 0 Å². The van der Waals surface area contributed by atoms with Gasteiger partial charge in [-0.05, 0) is 95.0 Å². The maximum absolute atomic E-state index is 11.5. The first-order valence-electron chi connectivity index (χ1n) is 11.4. The van der Waals surface area contributed by atoms with E-state index in [1.807, 2.05) is 0 Å². The lowest BCUT2D eigenvalue weighted by atomic mass is 9.63. The lowest BCUT2D eigenvalue weighted by molar-refractivity contribution is 0.130. The zero-order valence-electron chi connectivity index (χ0n) is 18.2. The van der Waals surface area contributed by atoms with Gasteiger partial charge in [-0.3, -0.25) is 0 Å². The van der Waals surface area contributed by atoms with Gasteiger partial charge in [0.1, 0.15) is 5.75 Å². The van der Waals surface area contributed by atoms with Crippen LogP contribution in [0.4, 0.5) is 0 Å². The number of para-hydroxylation sites is 1. The molecule has 0 spiro atoms. The predicted molar refractivity (Wildman–Crippen MR) is 112 cm³/mol. The van der Waals surface area contributed by atoms with Crippen LogP contribution in [0.5, 0.6) is 5.75 Å². The summed E-state index contributed by atoms with van der Waals surface area (Å²) in [5.74, 6) is 3.32. The smallest absolute Gasteiger partial charge is 0.122 e. The van der Waals surface area contributed by atoms with Crippen molar-refractivity contribution in [3.05, 3.63) is 29.3 Å². The van der Waals surface area contributed by atoms with Gasteiger partial charge in [0, 0.05) is 0 Å². The summed E-state index contributed by atoms with van der Waals surface area (Å²) in [6.07, 6.45) is 7.89. The van der Waals surface area contributed by atoms with Crippen molar-refractivity contribution in [1.29, 1.82) is 0 Å². The molecule has 148 valence electrons. The van der Waals surface area contributed by atoms with Crippen molar-refractivity contribution >= 4 is 0 Å². The third-order valence-corrected chi connectivity index (χ3v) is 11.4. The van der Waals surface area contributed by atoms with Crippen molar-refractivity contribution < 1.29 is 5.11 Å². The van der Waals surface area contributed by atoms with Gasteiger partial charge in [-0.25, -0.2) is 0 Å². The normalized spacial score (nSPS) is 46.3. The highest BCUT2D eigenvalue weighted by Crippen LogP contribution is 2.73.